The van der Waals surface area contributed by atoms with E-state index in [-0.39, 0.29) is 18.7 Å². The molecule has 1 aromatic carbocycles. The maximum Gasteiger partial charge on any atom is 0.209 e. The predicted octanol–water partition coefficient (Wildman–Crippen LogP) is 1.38. The fourth-order valence-corrected chi connectivity index (χ4v) is 2.81. The van der Waals surface area contributed by atoms with E-state index in [1.54, 1.807) is 13.8 Å². The number of nitrogens with one attached hydrogen (secondary N) is 2. The molecule has 0 fully saturated rings. The van der Waals surface area contributed by atoms with E-state index in [0.717, 1.165) is 12.3 Å². The van der Waals surface area contributed by atoms with Gasteiger partial charge >= 0.3 is 0 Å². The Bertz CT molecular complexity index is 545. The summed E-state index contributed by atoms with van der Waals surface area (Å²) >= 11 is 0. The fourth-order valence-electron chi connectivity index (χ4n) is 1.73. The Kier molecular flexibility index (Phi) is 5.00. The van der Waals surface area contributed by atoms with Gasteiger partial charge in [-0.05, 0) is 19.9 Å². The van der Waals surface area contributed by atoms with Gasteiger partial charge in [0.15, 0.2) is 11.6 Å². The first-order valence-electron chi connectivity index (χ1n) is 5.73. The van der Waals surface area contributed by atoms with Crippen LogP contribution in [0.25, 0.3) is 0 Å². The summed E-state index contributed by atoms with van der Waals surface area (Å²) in [6, 6.07) is 3.95. The van der Waals surface area contributed by atoms with Crippen LogP contribution in [0.1, 0.15) is 19.4 Å². The van der Waals surface area contributed by atoms with E-state index in [1.165, 1.54) is 12.1 Å². The van der Waals surface area contributed by atoms with Crippen LogP contribution in [0.4, 0.5) is 8.78 Å². The standard InChI is InChI=1S/C12H18F2N2O2S/c1-12(2,16-19(3,17)18)8-15-7-9-5-4-6-10(13)11(9)14/h4-6,15-16H,7-8H2,1-3H3. The lowest BCUT2D eigenvalue weighted by Gasteiger charge is -2.25. The Morgan fingerprint density at radius 2 is 1.89 bits per heavy atom. The third kappa shape index (κ3) is 5.63. The Balaban J connectivity index is 2.57. The van der Waals surface area contributed by atoms with Crippen molar-refractivity contribution in [2.45, 2.75) is 25.9 Å². The van der Waals surface area contributed by atoms with Crippen molar-refractivity contribution in [2.24, 2.45) is 0 Å². The van der Waals surface area contributed by atoms with Gasteiger partial charge in [0.1, 0.15) is 0 Å². The van der Waals surface area contributed by atoms with Crippen LogP contribution in [0.5, 0.6) is 0 Å². The third-order valence-electron chi connectivity index (χ3n) is 2.38. The summed E-state index contributed by atoms with van der Waals surface area (Å²) in [5, 5.41) is 2.90. The number of rotatable bonds is 6. The van der Waals surface area contributed by atoms with Gasteiger partial charge in [-0.2, -0.15) is 0 Å². The first-order valence-corrected chi connectivity index (χ1v) is 7.62. The summed E-state index contributed by atoms with van der Waals surface area (Å²) in [6.45, 7) is 3.81. The van der Waals surface area contributed by atoms with Crippen molar-refractivity contribution in [3.05, 3.63) is 35.4 Å². The molecule has 0 heterocycles. The van der Waals surface area contributed by atoms with Crippen molar-refractivity contribution in [2.75, 3.05) is 12.8 Å². The molecule has 0 bridgehead atoms. The molecule has 0 unspecified atom stereocenters. The zero-order valence-electron chi connectivity index (χ0n) is 11.1. The van der Waals surface area contributed by atoms with Gasteiger partial charge in [0.05, 0.1) is 6.26 Å². The number of hydrogen-bond acceptors (Lipinski definition) is 3. The highest BCUT2D eigenvalue weighted by Gasteiger charge is 2.21. The van der Waals surface area contributed by atoms with Crippen LogP contribution >= 0.6 is 0 Å². The molecule has 1 rings (SSSR count). The SMILES string of the molecule is CC(C)(CNCc1cccc(F)c1F)NS(C)(=O)=O. The van der Waals surface area contributed by atoms with E-state index >= 15 is 0 Å². The maximum absolute atomic E-state index is 13.4. The van der Waals surface area contributed by atoms with Crippen LogP contribution in [0.15, 0.2) is 18.2 Å². The quantitative estimate of drug-likeness (QED) is 0.833. The van der Waals surface area contributed by atoms with Crippen LogP contribution in [-0.2, 0) is 16.6 Å². The second-order valence-electron chi connectivity index (χ2n) is 5.07. The molecule has 2 N–H and O–H groups in total. The van der Waals surface area contributed by atoms with Crippen molar-refractivity contribution in [3.8, 4) is 0 Å². The topological polar surface area (TPSA) is 58.2 Å². The molecule has 19 heavy (non-hydrogen) atoms. The molecule has 0 saturated heterocycles. The van der Waals surface area contributed by atoms with E-state index in [2.05, 4.69) is 10.0 Å². The summed E-state index contributed by atoms with van der Waals surface area (Å²) in [6.07, 6.45) is 1.07. The van der Waals surface area contributed by atoms with Crippen molar-refractivity contribution >= 4 is 10.0 Å². The van der Waals surface area contributed by atoms with Crippen molar-refractivity contribution in [3.63, 3.8) is 0 Å². The monoisotopic (exact) mass is 292 g/mol. The number of benzene rings is 1. The fraction of sp³-hybridized carbons (Fsp3) is 0.500. The lowest BCUT2D eigenvalue weighted by molar-refractivity contribution is 0.416. The van der Waals surface area contributed by atoms with Gasteiger partial charge in [-0.3, -0.25) is 0 Å². The average molecular weight is 292 g/mol. The minimum absolute atomic E-state index is 0.123. The van der Waals surface area contributed by atoms with Crippen LogP contribution in [0.3, 0.4) is 0 Å². The van der Waals surface area contributed by atoms with Crippen molar-refractivity contribution in [1.82, 2.24) is 10.0 Å². The lowest BCUT2D eigenvalue weighted by Crippen LogP contribution is -2.49. The zero-order chi connectivity index (χ0) is 14.7. The van der Waals surface area contributed by atoms with E-state index in [1.807, 2.05) is 0 Å². The van der Waals surface area contributed by atoms with Crippen LogP contribution < -0.4 is 10.0 Å². The van der Waals surface area contributed by atoms with E-state index < -0.39 is 27.2 Å². The van der Waals surface area contributed by atoms with Gasteiger partial charge in [-0.1, -0.05) is 12.1 Å². The van der Waals surface area contributed by atoms with Crippen LogP contribution in [-0.4, -0.2) is 26.8 Å². The summed E-state index contributed by atoms with van der Waals surface area (Å²) in [4.78, 5) is 0. The first kappa shape index (κ1) is 16.0. The second-order valence-corrected chi connectivity index (χ2v) is 6.82. The highest BCUT2D eigenvalue weighted by atomic mass is 32.2. The highest BCUT2D eigenvalue weighted by molar-refractivity contribution is 7.88. The number of hydrogen-bond donors (Lipinski definition) is 2. The third-order valence-corrected chi connectivity index (χ3v) is 3.30. The first-order chi connectivity index (χ1) is 8.61. The molecule has 7 heteroatoms. The Labute approximate surface area is 112 Å². The van der Waals surface area contributed by atoms with Gasteiger partial charge in [0.2, 0.25) is 10.0 Å². The molecule has 0 aliphatic rings. The van der Waals surface area contributed by atoms with E-state index in [0.29, 0.717) is 0 Å². The Hall–Kier alpha value is -1.05. The molecule has 0 atom stereocenters. The molecule has 0 spiro atoms. The number of sulfonamides is 1. The second kappa shape index (κ2) is 5.94. The van der Waals surface area contributed by atoms with E-state index in [4.69, 9.17) is 0 Å². The van der Waals surface area contributed by atoms with Gasteiger partial charge in [-0.15, -0.1) is 0 Å². The molecule has 0 radical (unpaired) electrons. The lowest BCUT2D eigenvalue weighted by atomic mass is 10.1. The highest BCUT2D eigenvalue weighted by Crippen LogP contribution is 2.11. The molecule has 0 aliphatic heterocycles. The molecular formula is C12H18F2N2O2S. The molecule has 0 saturated carbocycles. The van der Waals surface area contributed by atoms with Gasteiger partial charge in [0, 0.05) is 24.2 Å². The predicted molar refractivity (Wildman–Crippen MR) is 70.1 cm³/mol. The minimum Gasteiger partial charge on any atom is -0.311 e. The summed E-state index contributed by atoms with van der Waals surface area (Å²) in [5.41, 5.74) is -0.507. The molecule has 108 valence electrons. The Morgan fingerprint density at radius 3 is 2.47 bits per heavy atom. The Morgan fingerprint density at radius 1 is 1.26 bits per heavy atom. The van der Waals surface area contributed by atoms with Crippen LogP contribution in [0.2, 0.25) is 0 Å². The number of halogens is 2. The minimum atomic E-state index is -3.32. The molecule has 0 amide bonds. The van der Waals surface area contributed by atoms with Gasteiger partial charge < -0.3 is 5.32 Å². The molecular weight excluding hydrogens is 274 g/mol. The molecule has 0 aromatic heterocycles. The zero-order valence-corrected chi connectivity index (χ0v) is 11.9. The van der Waals surface area contributed by atoms with Gasteiger partial charge in [0.25, 0.3) is 0 Å². The summed E-state index contributed by atoms with van der Waals surface area (Å²) in [5.74, 6) is -1.78. The molecule has 4 nitrogen and oxygen atoms in total. The summed E-state index contributed by atoms with van der Waals surface area (Å²) < 4.78 is 51.0. The van der Waals surface area contributed by atoms with Crippen LogP contribution in [0, 0.1) is 11.6 Å². The van der Waals surface area contributed by atoms with Crippen molar-refractivity contribution < 1.29 is 17.2 Å². The molecule has 0 aliphatic carbocycles. The largest absolute Gasteiger partial charge is 0.311 e. The van der Waals surface area contributed by atoms with Crippen molar-refractivity contribution in [1.29, 1.82) is 0 Å². The maximum atomic E-state index is 13.4. The summed E-state index contributed by atoms with van der Waals surface area (Å²) in [7, 11) is -3.32. The molecule has 1 aromatic rings. The smallest absolute Gasteiger partial charge is 0.209 e. The average Bonchev–Trinajstić information content (AvgIpc) is 2.20. The van der Waals surface area contributed by atoms with E-state index in [9.17, 15) is 17.2 Å². The van der Waals surface area contributed by atoms with Gasteiger partial charge in [-0.25, -0.2) is 21.9 Å². The normalized spacial score (nSPS) is 12.7.